The maximum atomic E-state index is 13.2. The Morgan fingerprint density at radius 2 is 2.00 bits per heavy atom. The van der Waals surface area contributed by atoms with Crippen LogP contribution in [0.4, 0.5) is 8.78 Å². The molecule has 2 rings (SSSR count). The van der Waals surface area contributed by atoms with E-state index < -0.39 is 11.6 Å². The van der Waals surface area contributed by atoms with Gasteiger partial charge in [-0.15, -0.1) is 12.1 Å². The van der Waals surface area contributed by atoms with E-state index in [0.717, 1.165) is 12.1 Å². The van der Waals surface area contributed by atoms with Gasteiger partial charge in [0.05, 0.1) is 5.76 Å². The van der Waals surface area contributed by atoms with Crippen molar-refractivity contribution in [1.82, 2.24) is 4.98 Å². The van der Waals surface area contributed by atoms with E-state index in [1.165, 1.54) is 19.9 Å². The molecule has 0 amide bonds. The van der Waals surface area contributed by atoms with Gasteiger partial charge in [-0.05, 0) is 25.6 Å². The molecule has 0 unspecified atom stereocenters. The van der Waals surface area contributed by atoms with E-state index in [-0.39, 0.29) is 37.2 Å². The van der Waals surface area contributed by atoms with Crippen LogP contribution in [0.15, 0.2) is 48.4 Å². The smallest absolute Gasteiger partial charge is 0.155 e. The van der Waals surface area contributed by atoms with E-state index in [9.17, 15) is 13.6 Å². The third-order valence-electron chi connectivity index (χ3n) is 2.19. The van der Waals surface area contributed by atoms with Crippen molar-refractivity contribution in [3.63, 3.8) is 0 Å². The van der Waals surface area contributed by atoms with E-state index in [1.807, 2.05) is 0 Å². The minimum Gasteiger partial charge on any atom is -0.512 e. The molecule has 1 heterocycles. The Kier molecular flexibility index (Phi) is 9.06. The van der Waals surface area contributed by atoms with Crippen LogP contribution in [0.3, 0.4) is 0 Å². The molecule has 0 fully saturated rings. The molecule has 1 aromatic carbocycles. The number of aliphatic hydroxyl groups excluding tert-OH is 1. The molecular weight excluding hydrogens is 468 g/mol. The van der Waals surface area contributed by atoms with Gasteiger partial charge < -0.3 is 10.1 Å². The predicted octanol–water partition coefficient (Wildman–Crippen LogP) is 3.86. The van der Waals surface area contributed by atoms with Gasteiger partial charge in [0.2, 0.25) is 0 Å². The summed E-state index contributed by atoms with van der Waals surface area (Å²) in [6.45, 7) is 2.85. The fourth-order valence-corrected chi connectivity index (χ4v) is 1.45. The number of allylic oxidation sites excluding steroid dienone is 2. The molecule has 0 aliphatic carbocycles. The van der Waals surface area contributed by atoms with E-state index in [1.54, 1.807) is 24.4 Å². The number of aromatic nitrogens is 1. The molecule has 119 valence electrons. The first-order chi connectivity index (χ1) is 9.90. The first-order valence-electron chi connectivity index (χ1n) is 6.06. The van der Waals surface area contributed by atoms with E-state index in [2.05, 4.69) is 11.1 Å². The van der Waals surface area contributed by atoms with Gasteiger partial charge in [0.15, 0.2) is 5.78 Å². The number of rotatable bonds is 2. The molecule has 3 nitrogen and oxygen atoms in total. The summed E-state index contributed by atoms with van der Waals surface area (Å²) in [4.78, 5) is 14.0. The number of ketones is 1. The van der Waals surface area contributed by atoms with Crippen molar-refractivity contribution >= 4 is 5.78 Å². The average Bonchev–Trinajstić information content (AvgIpc) is 2.38. The molecule has 6 heteroatoms. The summed E-state index contributed by atoms with van der Waals surface area (Å²) in [5, 5.41) is 8.36. The molecule has 0 aliphatic heterocycles. The molecule has 0 saturated carbocycles. The standard InChI is InChI=1S/C11H6F2N.C5H8O2.Ir/c12-8-4-5-9(10(13)7-8)11-3-1-2-6-14-11;1-4(6)3-5(2)7;/h1-4,6-7H;3,6H,1-2H3;/q-1;;/b;4-3-;. The van der Waals surface area contributed by atoms with Crippen LogP contribution in [-0.2, 0) is 24.9 Å². The maximum Gasteiger partial charge on any atom is 0.155 e. The summed E-state index contributed by atoms with van der Waals surface area (Å²) in [5.74, 6) is -1.35. The minimum absolute atomic E-state index is 0. The zero-order valence-corrected chi connectivity index (χ0v) is 14.3. The average molecular weight is 483 g/mol. The Hall–Kier alpha value is -1.91. The summed E-state index contributed by atoms with van der Waals surface area (Å²) in [6, 6.07) is 9.53. The van der Waals surface area contributed by atoms with Gasteiger partial charge in [-0.3, -0.25) is 13.6 Å². The second kappa shape index (κ2) is 9.92. The van der Waals surface area contributed by atoms with E-state index >= 15 is 0 Å². The van der Waals surface area contributed by atoms with Crippen LogP contribution < -0.4 is 0 Å². The van der Waals surface area contributed by atoms with Crippen molar-refractivity contribution in [3.05, 3.63) is 66.1 Å². The van der Waals surface area contributed by atoms with Gasteiger partial charge in [-0.2, -0.15) is 0 Å². The van der Waals surface area contributed by atoms with Crippen molar-refractivity contribution in [3.8, 4) is 11.3 Å². The molecule has 22 heavy (non-hydrogen) atoms. The number of carbonyl (C=O) groups excluding carboxylic acids is 1. The van der Waals surface area contributed by atoms with Gasteiger partial charge in [0.1, 0.15) is 0 Å². The summed E-state index contributed by atoms with van der Waals surface area (Å²) in [6.07, 6.45) is 2.71. The van der Waals surface area contributed by atoms with Crippen LogP contribution in [0.1, 0.15) is 13.8 Å². The fourth-order valence-electron chi connectivity index (χ4n) is 1.45. The molecule has 1 aromatic heterocycles. The second-order valence-corrected chi connectivity index (χ2v) is 4.15. The van der Waals surface area contributed by atoms with Crippen molar-refractivity contribution in [1.29, 1.82) is 0 Å². The van der Waals surface area contributed by atoms with Crippen LogP contribution in [0.5, 0.6) is 0 Å². The summed E-state index contributed by atoms with van der Waals surface area (Å²) in [5.41, 5.74) is 0.636. The molecule has 1 radical (unpaired) electrons. The monoisotopic (exact) mass is 483 g/mol. The molecule has 0 aliphatic rings. The van der Waals surface area contributed by atoms with Crippen molar-refractivity contribution < 1.29 is 38.8 Å². The normalized spacial score (nSPS) is 10.1. The maximum absolute atomic E-state index is 13.2. The molecule has 0 saturated heterocycles. The molecular formula is C16H14F2IrNO2-. The van der Waals surface area contributed by atoms with Crippen LogP contribution in [0.2, 0.25) is 0 Å². The topological polar surface area (TPSA) is 50.2 Å². The fraction of sp³-hybridized carbons (Fsp3) is 0.125. The van der Waals surface area contributed by atoms with Crippen LogP contribution in [0.25, 0.3) is 11.3 Å². The number of hydrogen-bond donors (Lipinski definition) is 1. The molecule has 1 N–H and O–H groups in total. The second-order valence-electron chi connectivity index (χ2n) is 4.15. The predicted molar refractivity (Wildman–Crippen MR) is 75.5 cm³/mol. The molecule has 0 spiro atoms. The van der Waals surface area contributed by atoms with Crippen LogP contribution in [0, 0.1) is 17.7 Å². The summed E-state index contributed by atoms with van der Waals surface area (Å²) < 4.78 is 25.8. The zero-order valence-electron chi connectivity index (χ0n) is 11.9. The quantitative estimate of drug-likeness (QED) is 0.402. The summed E-state index contributed by atoms with van der Waals surface area (Å²) >= 11 is 0. The SMILES string of the molecule is CC(=O)/C=C(/C)O.Fc1c[c-]c(-c2ccccn2)c(F)c1.[Ir]. The Morgan fingerprint density at radius 3 is 2.41 bits per heavy atom. The zero-order chi connectivity index (χ0) is 15.8. The first kappa shape index (κ1) is 20.1. The van der Waals surface area contributed by atoms with Gasteiger partial charge in [-0.1, -0.05) is 23.8 Å². The summed E-state index contributed by atoms with van der Waals surface area (Å²) in [7, 11) is 0. The number of pyridine rings is 1. The number of hydrogen-bond acceptors (Lipinski definition) is 3. The first-order valence-corrected chi connectivity index (χ1v) is 6.06. The van der Waals surface area contributed by atoms with E-state index in [0.29, 0.717) is 5.69 Å². The van der Waals surface area contributed by atoms with Gasteiger partial charge in [0, 0.05) is 44.0 Å². The Balaban J connectivity index is 0.000000478. The van der Waals surface area contributed by atoms with Crippen molar-refractivity contribution in [2.45, 2.75) is 13.8 Å². The Morgan fingerprint density at radius 1 is 1.32 bits per heavy atom. The van der Waals surface area contributed by atoms with Crippen LogP contribution in [-0.4, -0.2) is 15.9 Å². The number of halogens is 2. The number of carbonyl (C=O) groups is 1. The number of benzene rings is 1. The molecule has 2 aromatic rings. The number of aliphatic hydroxyl groups is 1. The van der Waals surface area contributed by atoms with Crippen LogP contribution >= 0.6 is 0 Å². The van der Waals surface area contributed by atoms with Gasteiger partial charge in [-0.25, -0.2) is 0 Å². The number of nitrogens with zero attached hydrogens (tertiary/aromatic N) is 1. The van der Waals surface area contributed by atoms with E-state index in [4.69, 9.17) is 5.11 Å². The van der Waals surface area contributed by atoms with Crippen molar-refractivity contribution in [2.24, 2.45) is 0 Å². The molecule has 0 bridgehead atoms. The minimum atomic E-state index is -0.649. The third-order valence-corrected chi connectivity index (χ3v) is 2.19. The van der Waals surface area contributed by atoms with Crippen molar-refractivity contribution in [2.75, 3.05) is 0 Å². The Labute approximate surface area is 141 Å². The molecule has 0 atom stereocenters. The van der Waals surface area contributed by atoms with Gasteiger partial charge >= 0.3 is 0 Å². The largest absolute Gasteiger partial charge is 0.512 e. The third kappa shape index (κ3) is 7.20. The van der Waals surface area contributed by atoms with Gasteiger partial charge in [0.25, 0.3) is 0 Å². The Bertz CT molecular complexity index is 642.